The minimum Gasteiger partial charge on any atom is -0.371 e. The Morgan fingerprint density at radius 1 is 0.750 bits per heavy atom. The molecule has 0 heterocycles. The molecule has 0 aliphatic heterocycles. The van der Waals surface area contributed by atoms with E-state index in [4.69, 9.17) is 4.84 Å². The molecule has 0 aliphatic carbocycles. The molecule has 0 aromatic heterocycles. The fourth-order valence-electron chi connectivity index (χ4n) is 2.24. The number of unbranched alkanes of at least 4 members (excludes halogenated alkanes) is 11. The molecule has 0 saturated carbocycles. The molecule has 0 atom stereocenters. The van der Waals surface area contributed by atoms with E-state index in [0.717, 1.165) is 13.0 Å². The van der Waals surface area contributed by atoms with Crippen molar-refractivity contribution in [1.82, 2.24) is 5.48 Å². The van der Waals surface area contributed by atoms with Crippen molar-refractivity contribution in [2.24, 2.45) is 0 Å². The minimum atomic E-state index is -0.177. The maximum Gasteiger partial charge on any atom is 0.324 e. The lowest BCUT2D eigenvalue weighted by atomic mass is 10.1. The van der Waals surface area contributed by atoms with Gasteiger partial charge in [0, 0.05) is 13.0 Å². The summed E-state index contributed by atoms with van der Waals surface area (Å²) in [6, 6.07) is 0. The third kappa shape index (κ3) is 15.5. The molecule has 0 fully saturated rings. The summed E-state index contributed by atoms with van der Waals surface area (Å²) in [5, 5.41) is 0. The molecular formula is C17H35NO2. The highest BCUT2D eigenvalue weighted by Gasteiger charge is 1.97. The van der Waals surface area contributed by atoms with Gasteiger partial charge in [-0.3, -0.25) is 4.79 Å². The van der Waals surface area contributed by atoms with Crippen LogP contribution in [0.3, 0.4) is 0 Å². The summed E-state index contributed by atoms with van der Waals surface area (Å²) in [5.41, 5.74) is 2.72. The number of hydroxylamine groups is 1. The molecule has 0 bridgehead atoms. The third-order valence-corrected chi connectivity index (χ3v) is 3.61. The van der Waals surface area contributed by atoms with Gasteiger partial charge in [-0.1, -0.05) is 84.5 Å². The molecule has 0 aromatic rings. The van der Waals surface area contributed by atoms with Crippen molar-refractivity contribution >= 4 is 5.97 Å². The molecule has 0 aliphatic rings. The number of carbonyl (C=O) groups is 1. The smallest absolute Gasteiger partial charge is 0.324 e. The zero-order valence-electron chi connectivity index (χ0n) is 13.7. The van der Waals surface area contributed by atoms with Crippen molar-refractivity contribution in [3.05, 3.63) is 0 Å². The zero-order chi connectivity index (χ0) is 14.9. The second kappa shape index (κ2) is 16.5. The monoisotopic (exact) mass is 285 g/mol. The number of nitrogens with one attached hydrogen (secondary N) is 1. The van der Waals surface area contributed by atoms with Crippen molar-refractivity contribution in [1.29, 1.82) is 0 Å². The van der Waals surface area contributed by atoms with Gasteiger partial charge in [0.25, 0.3) is 0 Å². The molecule has 3 heteroatoms. The summed E-state index contributed by atoms with van der Waals surface area (Å²) in [6.45, 7) is 4.85. The Labute approximate surface area is 125 Å². The Bertz CT molecular complexity index is 207. The molecule has 0 rings (SSSR count). The first-order valence-corrected chi connectivity index (χ1v) is 8.73. The van der Waals surface area contributed by atoms with Crippen LogP contribution in [0.1, 0.15) is 97.3 Å². The van der Waals surface area contributed by atoms with Gasteiger partial charge in [-0.25, -0.2) is 0 Å². The van der Waals surface area contributed by atoms with Crippen LogP contribution in [0.4, 0.5) is 0 Å². The van der Waals surface area contributed by atoms with E-state index < -0.39 is 0 Å². The fourth-order valence-corrected chi connectivity index (χ4v) is 2.24. The van der Waals surface area contributed by atoms with E-state index in [1.165, 1.54) is 70.6 Å². The average Bonchev–Trinajstić information content (AvgIpc) is 2.47. The molecule has 0 unspecified atom stereocenters. The summed E-state index contributed by atoms with van der Waals surface area (Å²) in [7, 11) is 0. The van der Waals surface area contributed by atoms with Crippen LogP contribution < -0.4 is 5.48 Å². The van der Waals surface area contributed by atoms with Crippen LogP contribution in [-0.4, -0.2) is 12.5 Å². The molecule has 120 valence electrons. The van der Waals surface area contributed by atoms with E-state index in [1.807, 2.05) is 0 Å². The molecule has 0 radical (unpaired) electrons. The van der Waals surface area contributed by atoms with Crippen molar-refractivity contribution < 1.29 is 9.63 Å². The van der Waals surface area contributed by atoms with E-state index in [-0.39, 0.29) is 5.97 Å². The summed E-state index contributed by atoms with van der Waals surface area (Å²) >= 11 is 0. The maximum atomic E-state index is 10.8. The predicted octanol–water partition coefficient (Wildman–Crippen LogP) is 5.15. The number of hydrogen-bond acceptors (Lipinski definition) is 3. The second-order valence-electron chi connectivity index (χ2n) is 5.61. The molecule has 20 heavy (non-hydrogen) atoms. The Kier molecular flexibility index (Phi) is 16.0. The van der Waals surface area contributed by atoms with E-state index in [0.29, 0.717) is 6.42 Å². The topological polar surface area (TPSA) is 38.3 Å². The van der Waals surface area contributed by atoms with E-state index >= 15 is 0 Å². The highest BCUT2D eigenvalue weighted by atomic mass is 16.7. The first-order valence-electron chi connectivity index (χ1n) is 8.73. The van der Waals surface area contributed by atoms with Gasteiger partial charge in [-0.05, 0) is 6.42 Å². The third-order valence-electron chi connectivity index (χ3n) is 3.61. The summed E-state index contributed by atoms with van der Waals surface area (Å²) < 4.78 is 0. The SMILES string of the molecule is CCCCCCCCCCCCCCNOC(=O)CC. The van der Waals surface area contributed by atoms with Gasteiger partial charge in [0.15, 0.2) is 0 Å². The zero-order valence-corrected chi connectivity index (χ0v) is 13.7. The summed E-state index contributed by atoms with van der Waals surface area (Å²) in [6.07, 6.45) is 16.6. The molecule has 0 amide bonds. The van der Waals surface area contributed by atoms with Crippen molar-refractivity contribution in [2.75, 3.05) is 6.54 Å². The Morgan fingerprint density at radius 3 is 1.65 bits per heavy atom. The fraction of sp³-hybridized carbons (Fsp3) is 0.941. The average molecular weight is 285 g/mol. The van der Waals surface area contributed by atoms with Crippen molar-refractivity contribution in [3.63, 3.8) is 0 Å². The lowest BCUT2D eigenvalue weighted by Crippen LogP contribution is -2.20. The predicted molar refractivity (Wildman–Crippen MR) is 85.5 cm³/mol. The molecule has 3 nitrogen and oxygen atoms in total. The van der Waals surface area contributed by atoms with Gasteiger partial charge in [-0.2, -0.15) is 5.48 Å². The van der Waals surface area contributed by atoms with Crippen LogP contribution in [0.15, 0.2) is 0 Å². The van der Waals surface area contributed by atoms with Gasteiger partial charge >= 0.3 is 5.97 Å². The Morgan fingerprint density at radius 2 is 1.20 bits per heavy atom. The highest BCUT2D eigenvalue weighted by molar-refractivity contribution is 5.68. The maximum absolute atomic E-state index is 10.8. The summed E-state index contributed by atoms with van der Waals surface area (Å²) in [4.78, 5) is 15.6. The molecule has 0 saturated heterocycles. The second-order valence-corrected chi connectivity index (χ2v) is 5.61. The molecule has 1 N–H and O–H groups in total. The van der Waals surface area contributed by atoms with Crippen molar-refractivity contribution in [2.45, 2.75) is 97.3 Å². The summed E-state index contributed by atoms with van der Waals surface area (Å²) in [5.74, 6) is -0.177. The van der Waals surface area contributed by atoms with Gasteiger partial charge < -0.3 is 4.84 Å². The molecule has 0 spiro atoms. The van der Waals surface area contributed by atoms with Crippen LogP contribution in [0, 0.1) is 0 Å². The molecule has 0 aromatic carbocycles. The number of rotatable bonds is 15. The van der Waals surface area contributed by atoms with Gasteiger partial charge in [0.05, 0.1) is 0 Å². The molecular weight excluding hydrogens is 250 g/mol. The first-order chi connectivity index (χ1) is 9.81. The van der Waals surface area contributed by atoms with E-state index in [9.17, 15) is 4.79 Å². The van der Waals surface area contributed by atoms with Crippen LogP contribution in [0.5, 0.6) is 0 Å². The largest absolute Gasteiger partial charge is 0.371 e. The van der Waals surface area contributed by atoms with Crippen LogP contribution in [0.2, 0.25) is 0 Å². The Balaban J connectivity index is 2.97. The van der Waals surface area contributed by atoms with Crippen LogP contribution >= 0.6 is 0 Å². The van der Waals surface area contributed by atoms with E-state index in [1.54, 1.807) is 6.92 Å². The van der Waals surface area contributed by atoms with Gasteiger partial charge in [0.1, 0.15) is 0 Å². The number of hydrogen-bond donors (Lipinski definition) is 1. The lowest BCUT2D eigenvalue weighted by Gasteiger charge is -2.05. The van der Waals surface area contributed by atoms with Gasteiger partial charge in [0.2, 0.25) is 0 Å². The van der Waals surface area contributed by atoms with Crippen molar-refractivity contribution in [3.8, 4) is 0 Å². The van der Waals surface area contributed by atoms with Crippen LogP contribution in [-0.2, 0) is 9.63 Å². The van der Waals surface area contributed by atoms with E-state index in [2.05, 4.69) is 12.4 Å². The van der Waals surface area contributed by atoms with Crippen LogP contribution in [0.25, 0.3) is 0 Å². The standard InChI is InChI=1S/C17H35NO2/c1-3-5-6-7-8-9-10-11-12-13-14-15-16-18-20-17(19)4-2/h18H,3-16H2,1-2H3. The Hall–Kier alpha value is -0.570. The first kappa shape index (κ1) is 19.4. The minimum absolute atomic E-state index is 0.177. The van der Waals surface area contributed by atoms with Gasteiger partial charge in [-0.15, -0.1) is 0 Å². The number of carbonyl (C=O) groups excluding carboxylic acids is 1. The highest BCUT2D eigenvalue weighted by Crippen LogP contribution is 2.11. The quantitative estimate of drug-likeness (QED) is 0.334. The normalized spacial score (nSPS) is 10.7. The lowest BCUT2D eigenvalue weighted by molar-refractivity contribution is -0.150.